The molecule has 0 bridgehead atoms. The Morgan fingerprint density at radius 2 is 2.32 bits per heavy atom. The molecule has 0 aromatic carbocycles. The van der Waals surface area contributed by atoms with Gasteiger partial charge in [0.05, 0.1) is 11.7 Å². The number of likely N-dealkylation sites (tertiary alicyclic amines) is 1. The minimum absolute atomic E-state index is 0.473. The molecule has 3 heterocycles. The highest BCUT2D eigenvalue weighted by molar-refractivity contribution is 5.43. The summed E-state index contributed by atoms with van der Waals surface area (Å²) in [6, 6.07) is 5.20. The van der Waals surface area contributed by atoms with Crippen molar-refractivity contribution in [1.82, 2.24) is 14.3 Å². The van der Waals surface area contributed by atoms with Gasteiger partial charge in [0.15, 0.2) is 0 Å². The van der Waals surface area contributed by atoms with Crippen LogP contribution in [-0.4, -0.2) is 26.9 Å². The molecule has 0 aliphatic carbocycles. The highest BCUT2D eigenvalue weighted by Gasteiger charge is 2.29. The third kappa shape index (κ3) is 2.26. The van der Waals surface area contributed by atoms with Gasteiger partial charge in [0.1, 0.15) is 5.65 Å². The van der Waals surface area contributed by atoms with Gasteiger partial charge in [-0.3, -0.25) is 4.90 Å². The first-order chi connectivity index (χ1) is 9.19. The molecule has 1 saturated heterocycles. The predicted octanol–water partition coefficient (Wildman–Crippen LogP) is 2.34. The third-order valence-corrected chi connectivity index (χ3v) is 4.08. The summed E-state index contributed by atoms with van der Waals surface area (Å²) >= 11 is 0. The summed E-state index contributed by atoms with van der Waals surface area (Å²) in [5, 5.41) is 0. The van der Waals surface area contributed by atoms with Crippen LogP contribution < -0.4 is 5.73 Å². The highest BCUT2D eigenvalue weighted by Crippen LogP contribution is 2.32. The molecule has 1 aliphatic rings. The van der Waals surface area contributed by atoms with Crippen LogP contribution in [0.3, 0.4) is 0 Å². The predicted molar refractivity (Wildman–Crippen MR) is 76.9 cm³/mol. The lowest BCUT2D eigenvalue weighted by Crippen LogP contribution is -2.30. The fourth-order valence-corrected chi connectivity index (χ4v) is 3.06. The molecule has 2 N–H and O–H groups in total. The Kier molecular flexibility index (Phi) is 3.29. The van der Waals surface area contributed by atoms with Crippen LogP contribution >= 0.6 is 0 Å². The molecule has 2 aromatic rings. The normalized spacial score (nSPS) is 20.7. The molecule has 2 aromatic heterocycles. The fourth-order valence-electron chi connectivity index (χ4n) is 3.06. The lowest BCUT2D eigenvalue weighted by molar-refractivity contribution is 0.202. The zero-order valence-corrected chi connectivity index (χ0v) is 11.7. The topological polar surface area (TPSA) is 46.6 Å². The number of imidazole rings is 1. The van der Waals surface area contributed by atoms with Crippen LogP contribution in [0, 0.1) is 0 Å². The van der Waals surface area contributed by atoms with E-state index in [0.717, 1.165) is 11.2 Å². The number of nitrogens with two attached hydrogens (primary N) is 1. The second-order valence-electron chi connectivity index (χ2n) is 5.66. The summed E-state index contributed by atoms with van der Waals surface area (Å²) in [6.07, 6.45) is 6.71. The van der Waals surface area contributed by atoms with E-state index in [-0.39, 0.29) is 0 Å². The van der Waals surface area contributed by atoms with Crippen LogP contribution in [0.4, 0.5) is 0 Å². The molecular formula is C15H22N4. The van der Waals surface area contributed by atoms with Crippen molar-refractivity contribution in [2.75, 3.05) is 6.54 Å². The monoisotopic (exact) mass is 258 g/mol. The van der Waals surface area contributed by atoms with Gasteiger partial charge in [0, 0.05) is 25.0 Å². The van der Waals surface area contributed by atoms with Crippen LogP contribution in [0.5, 0.6) is 0 Å². The highest BCUT2D eigenvalue weighted by atomic mass is 15.2. The summed E-state index contributed by atoms with van der Waals surface area (Å²) in [4.78, 5) is 7.35. The van der Waals surface area contributed by atoms with Crippen molar-refractivity contribution in [3.8, 4) is 0 Å². The van der Waals surface area contributed by atoms with Crippen LogP contribution in [0.1, 0.15) is 44.0 Å². The first kappa shape index (κ1) is 12.6. The van der Waals surface area contributed by atoms with E-state index in [9.17, 15) is 0 Å². The van der Waals surface area contributed by atoms with Crippen molar-refractivity contribution in [1.29, 1.82) is 0 Å². The Labute approximate surface area is 114 Å². The molecule has 102 valence electrons. The Bertz CT molecular complexity index is 573. The number of aromatic nitrogens is 2. The van der Waals surface area contributed by atoms with E-state index in [2.05, 4.69) is 47.7 Å². The van der Waals surface area contributed by atoms with Gasteiger partial charge in [-0.25, -0.2) is 4.98 Å². The van der Waals surface area contributed by atoms with Gasteiger partial charge in [-0.1, -0.05) is 0 Å². The number of pyridine rings is 1. The standard InChI is InChI=1S/C15H22N4/c1-11(2)19-6-3-4-14(19)13-10-18-7-5-12(9-16)8-15(18)17-13/h5,7-8,10-11,14H,3-4,6,9,16H2,1-2H3. The second-order valence-corrected chi connectivity index (χ2v) is 5.66. The van der Waals surface area contributed by atoms with Crippen LogP contribution in [0.2, 0.25) is 0 Å². The van der Waals surface area contributed by atoms with Crippen LogP contribution in [0.15, 0.2) is 24.5 Å². The number of hydrogen-bond donors (Lipinski definition) is 1. The van der Waals surface area contributed by atoms with Crippen LogP contribution in [0.25, 0.3) is 5.65 Å². The smallest absolute Gasteiger partial charge is 0.137 e. The molecule has 1 unspecified atom stereocenters. The van der Waals surface area contributed by atoms with E-state index in [1.807, 2.05) is 0 Å². The summed E-state index contributed by atoms with van der Waals surface area (Å²) in [5.41, 5.74) is 9.02. The number of nitrogens with zero attached hydrogens (tertiary/aromatic N) is 3. The number of fused-ring (bicyclic) bond motifs is 1. The fraction of sp³-hybridized carbons (Fsp3) is 0.533. The van der Waals surface area contributed by atoms with E-state index in [1.54, 1.807) is 0 Å². The first-order valence-corrected chi connectivity index (χ1v) is 7.12. The molecule has 0 radical (unpaired) electrons. The molecule has 1 atom stereocenters. The van der Waals surface area contributed by atoms with Crippen molar-refractivity contribution >= 4 is 5.65 Å². The summed E-state index contributed by atoms with van der Waals surface area (Å²) in [5.74, 6) is 0. The average Bonchev–Trinajstić information content (AvgIpc) is 3.03. The van der Waals surface area contributed by atoms with E-state index in [1.165, 1.54) is 25.1 Å². The molecule has 4 nitrogen and oxygen atoms in total. The molecule has 1 fully saturated rings. The number of hydrogen-bond acceptors (Lipinski definition) is 3. The maximum absolute atomic E-state index is 5.69. The Balaban J connectivity index is 1.96. The van der Waals surface area contributed by atoms with Crippen molar-refractivity contribution in [3.05, 3.63) is 35.8 Å². The molecular weight excluding hydrogens is 236 g/mol. The van der Waals surface area contributed by atoms with Crippen molar-refractivity contribution in [3.63, 3.8) is 0 Å². The van der Waals surface area contributed by atoms with Crippen molar-refractivity contribution in [2.45, 2.75) is 45.3 Å². The lowest BCUT2D eigenvalue weighted by atomic mass is 10.1. The molecule has 0 amide bonds. The zero-order valence-electron chi connectivity index (χ0n) is 11.7. The van der Waals surface area contributed by atoms with E-state index in [0.29, 0.717) is 18.6 Å². The van der Waals surface area contributed by atoms with Gasteiger partial charge in [-0.05, 0) is 50.9 Å². The van der Waals surface area contributed by atoms with Gasteiger partial charge in [-0.2, -0.15) is 0 Å². The molecule has 1 aliphatic heterocycles. The van der Waals surface area contributed by atoms with Gasteiger partial charge in [0.2, 0.25) is 0 Å². The number of rotatable bonds is 3. The molecule has 0 saturated carbocycles. The van der Waals surface area contributed by atoms with E-state index >= 15 is 0 Å². The summed E-state index contributed by atoms with van der Waals surface area (Å²) in [6.45, 7) is 6.28. The Morgan fingerprint density at radius 1 is 1.47 bits per heavy atom. The zero-order chi connectivity index (χ0) is 13.4. The molecule has 3 rings (SSSR count). The maximum Gasteiger partial charge on any atom is 0.137 e. The van der Waals surface area contributed by atoms with Gasteiger partial charge in [0.25, 0.3) is 0 Å². The van der Waals surface area contributed by atoms with Crippen molar-refractivity contribution in [2.24, 2.45) is 5.73 Å². The summed E-state index contributed by atoms with van der Waals surface area (Å²) < 4.78 is 2.10. The summed E-state index contributed by atoms with van der Waals surface area (Å²) in [7, 11) is 0. The second kappa shape index (κ2) is 4.94. The quantitative estimate of drug-likeness (QED) is 0.919. The van der Waals surface area contributed by atoms with Gasteiger partial charge < -0.3 is 10.1 Å². The van der Waals surface area contributed by atoms with Crippen LogP contribution in [-0.2, 0) is 6.54 Å². The first-order valence-electron chi connectivity index (χ1n) is 7.12. The van der Waals surface area contributed by atoms with Gasteiger partial charge in [-0.15, -0.1) is 0 Å². The lowest BCUT2D eigenvalue weighted by Gasteiger charge is -2.26. The molecule has 19 heavy (non-hydrogen) atoms. The van der Waals surface area contributed by atoms with E-state index < -0.39 is 0 Å². The average molecular weight is 258 g/mol. The molecule has 0 spiro atoms. The Morgan fingerprint density at radius 3 is 3.05 bits per heavy atom. The van der Waals surface area contributed by atoms with Crippen molar-refractivity contribution < 1.29 is 0 Å². The van der Waals surface area contributed by atoms with Gasteiger partial charge >= 0.3 is 0 Å². The largest absolute Gasteiger partial charge is 0.326 e. The third-order valence-electron chi connectivity index (χ3n) is 4.08. The molecule has 4 heteroatoms. The maximum atomic E-state index is 5.69. The van der Waals surface area contributed by atoms with E-state index in [4.69, 9.17) is 10.7 Å². The minimum atomic E-state index is 0.473. The SMILES string of the molecule is CC(C)N1CCCC1c1cn2ccc(CN)cc2n1. The Hall–Kier alpha value is -1.39. The minimum Gasteiger partial charge on any atom is -0.326 e.